The number of nitrogens with zero attached hydrogens (tertiary/aromatic N) is 1. The molecule has 7 heteroatoms. The van der Waals surface area contributed by atoms with Crippen LogP contribution in [0.25, 0.3) is 10.9 Å². The maximum Gasteiger partial charge on any atom is 0.241 e. The fraction of sp³-hybridized carbons (Fsp3) is 0.318. The Labute approximate surface area is 171 Å². The van der Waals surface area contributed by atoms with Gasteiger partial charge in [-0.2, -0.15) is 0 Å². The number of pyridine rings is 1. The first-order chi connectivity index (χ1) is 13.7. The van der Waals surface area contributed by atoms with Crippen LogP contribution < -0.4 is 14.2 Å². The first-order valence-corrected chi connectivity index (χ1v) is 10.9. The molecule has 0 radical (unpaired) electrons. The Morgan fingerprint density at radius 3 is 2.55 bits per heavy atom. The normalized spacial score (nSPS) is 12.7. The number of fused-ring (bicyclic) bond motifs is 1. The van der Waals surface area contributed by atoms with Crippen molar-refractivity contribution in [1.82, 2.24) is 9.71 Å². The largest absolute Gasteiger partial charge is 0.496 e. The summed E-state index contributed by atoms with van der Waals surface area (Å²) in [4.78, 5) is 4.60. The van der Waals surface area contributed by atoms with Gasteiger partial charge in [0, 0.05) is 11.6 Å². The van der Waals surface area contributed by atoms with Crippen LogP contribution in [0, 0.1) is 20.8 Å². The Morgan fingerprint density at radius 2 is 1.83 bits per heavy atom. The minimum absolute atomic E-state index is 0.195. The van der Waals surface area contributed by atoms with Crippen molar-refractivity contribution in [2.24, 2.45) is 0 Å². The molecule has 1 aromatic heterocycles. The van der Waals surface area contributed by atoms with Gasteiger partial charge < -0.3 is 9.47 Å². The third kappa shape index (κ3) is 4.36. The van der Waals surface area contributed by atoms with E-state index < -0.39 is 16.1 Å². The predicted molar refractivity (Wildman–Crippen MR) is 114 cm³/mol. The second-order valence-corrected chi connectivity index (χ2v) is 8.79. The maximum absolute atomic E-state index is 13.0. The highest BCUT2D eigenvalue weighted by molar-refractivity contribution is 7.89. The zero-order chi connectivity index (χ0) is 21.2. The number of benzene rings is 2. The van der Waals surface area contributed by atoms with E-state index in [4.69, 9.17) is 9.47 Å². The summed E-state index contributed by atoms with van der Waals surface area (Å²) in [7, 11) is -2.13. The summed E-state index contributed by atoms with van der Waals surface area (Å²) < 4.78 is 40.0. The summed E-state index contributed by atoms with van der Waals surface area (Å²) in [5.74, 6) is 1.36. The number of hydrogen-bond acceptors (Lipinski definition) is 5. The van der Waals surface area contributed by atoms with Crippen LogP contribution in [-0.4, -0.2) is 33.2 Å². The van der Waals surface area contributed by atoms with E-state index in [2.05, 4.69) is 9.71 Å². The van der Waals surface area contributed by atoms with Crippen LogP contribution in [0.2, 0.25) is 0 Å². The third-order valence-corrected chi connectivity index (χ3v) is 6.80. The molecule has 2 aromatic carbocycles. The van der Waals surface area contributed by atoms with Crippen LogP contribution in [0.1, 0.15) is 23.6 Å². The fourth-order valence-electron chi connectivity index (χ4n) is 3.42. The van der Waals surface area contributed by atoms with Gasteiger partial charge in [0.1, 0.15) is 18.1 Å². The number of ether oxygens (including phenoxy) is 2. The van der Waals surface area contributed by atoms with Crippen LogP contribution in [0.4, 0.5) is 0 Å². The minimum Gasteiger partial charge on any atom is -0.496 e. The Balaban J connectivity index is 1.78. The molecule has 0 bridgehead atoms. The van der Waals surface area contributed by atoms with E-state index in [9.17, 15) is 8.42 Å². The van der Waals surface area contributed by atoms with E-state index >= 15 is 0 Å². The summed E-state index contributed by atoms with van der Waals surface area (Å²) in [6.45, 7) is 7.40. The van der Waals surface area contributed by atoms with E-state index in [0.717, 1.165) is 16.5 Å². The highest BCUT2D eigenvalue weighted by Crippen LogP contribution is 2.30. The quantitative estimate of drug-likeness (QED) is 0.634. The molecule has 0 amide bonds. The van der Waals surface area contributed by atoms with Gasteiger partial charge in [-0.3, -0.25) is 4.98 Å². The third-order valence-electron chi connectivity index (χ3n) is 4.92. The lowest BCUT2D eigenvalue weighted by atomic mass is 10.1. The summed E-state index contributed by atoms with van der Waals surface area (Å²) in [5.41, 5.74) is 2.97. The van der Waals surface area contributed by atoms with Crippen LogP contribution in [0.3, 0.4) is 0 Å². The molecule has 0 aliphatic carbocycles. The lowest BCUT2D eigenvalue weighted by Crippen LogP contribution is -2.37. The van der Waals surface area contributed by atoms with E-state index in [1.165, 1.54) is 0 Å². The minimum atomic E-state index is -3.71. The van der Waals surface area contributed by atoms with Crippen molar-refractivity contribution < 1.29 is 17.9 Å². The molecule has 3 aromatic rings. The molecule has 1 N–H and O–H groups in total. The van der Waals surface area contributed by atoms with E-state index in [1.807, 2.05) is 37.3 Å². The number of rotatable bonds is 7. The lowest BCUT2D eigenvalue weighted by Gasteiger charge is -2.20. The first kappa shape index (κ1) is 21.1. The highest BCUT2D eigenvalue weighted by atomic mass is 32.2. The Hall–Kier alpha value is -2.64. The van der Waals surface area contributed by atoms with E-state index in [1.54, 1.807) is 40.1 Å². The maximum atomic E-state index is 13.0. The molecule has 0 fully saturated rings. The highest BCUT2D eigenvalue weighted by Gasteiger charge is 2.24. The second-order valence-electron chi connectivity index (χ2n) is 7.13. The SMILES string of the molecule is COc1cc(C)c(S(=O)(=O)N[C@@H](C)COc2cccc3ncccc23)c(C)c1C. The molecule has 0 saturated carbocycles. The molecule has 0 saturated heterocycles. The van der Waals surface area contributed by atoms with Crippen LogP contribution in [0.15, 0.2) is 47.5 Å². The average molecular weight is 415 g/mol. The monoisotopic (exact) mass is 414 g/mol. The van der Waals surface area contributed by atoms with E-state index in [0.29, 0.717) is 22.6 Å². The van der Waals surface area contributed by atoms with Gasteiger partial charge >= 0.3 is 0 Å². The topological polar surface area (TPSA) is 77.5 Å². The lowest BCUT2D eigenvalue weighted by molar-refractivity contribution is 0.290. The molecule has 0 spiro atoms. The average Bonchev–Trinajstić information content (AvgIpc) is 2.68. The fourth-order valence-corrected chi connectivity index (χ4v) is 5.17. The van der Waals surface area contributed by atoms with E-state index in [-0.39, 0.29) is 11.5 Å². The summed E-state index contributed by atoms with van der Waals surface area (Å²) in [5, 5.41) is 0.891. The standard InChI is InChI=1S/C22H26N2O4S/c1-14-12-21(27-5)16(3)17(4)22(14)29(25,26)24-15(2)13-28-20-10-6-9-19-18(20)8-7-11-23-19/h6-12,15,24H,13H2,1-5H3/t15-/m0/s1. The zero-order valence-electron chi connectivity index (χ0n) is 17.3. The Bertz CT molecular complexity index is 1140. The molecular formula is C22H26N2O4S. The van der Waals surface area contributed by atoms with Crippen molar-refractivity contribution in [3.05, 3.63) is 59.3 Å². The van der Waals surface area contributed by atoms with Crippen molar-refractivity contribution in [1.29, 1.82) is 0 Å². The van der Waals surface area contributed by atoms with Crippen molar-refractivity contribution in [2.45, 2.75) is 38.6 Å². The zero-order valence-corrected chi connectivity index (χ0v) is 18.1. The molecule has 1 atom stereocenters. The second kappa shape index (κ2) is 8.39. The molecule has 3 rings (SSSR count). The number of methoxy groups -OCH3 is 1. The molecule has 6 nitrogen and oxygen atoms in total. The van der Waals surface area contributed by atoms with Gasteiger partial charge in [-0.25, -0.2) is 13.1 Å². The predicted octanol–water partition coefficient (Wildman–Crippen LogP) is 3.91. The van der Waals surface area contributed by atoms with Gasteiger partial charge in [-0.1, -0.05) is 6.07 Å². The molecule has 1 heterocycles. The molecule has 0 aliphatic rings. The number of sulfonamides is 1. The molecule has 0 unspecified atom stereocenters. The Kier molecular flexibility index (Phi) is 6.10. The summed E-state index contributed by atoms with van der Waals surface area (Å²) in [6, 6.07) is 10.7. The first-order valence-electron chi connectivity index (χ1n) is 9.38. The van der Waals surface area contributed by atoms with Crippen molar-refractivity contribution in [3.63, 3.8) is 0 Å². The molecule has 0 aliphatic heterocycles. The van der Waals surface area contributed by atoms with Crippen molar-refractivity contribution in [3.8, 4) is 11.5 Å². The molecular weight excluding hydrogens is 388 g/mol. The Morgan fingerprint density at radius 1 is 1.07 bits per heavy atom. The van der Waals surface area contributed by atoms with Crippen LogP contribution >= 0.6 is 0 Å². The van der Waals surface area contributed by atoms with Gasteiger partial charge in [0.25, 0.3) is 0 Å². The van der Waals surface area contributed by atoms with Crippen molar-refractivity contribution in [2.75, 3.05) is 13.7 Å². The number of nitrogens with one attached hydrogen (secondary N) is 1. The van der Waals surface area contributed by atoms with Gasteiger partial charge in [0.05, 0.1) is 23.6 Å². The summed E-state index contributed by atoms with van der Waals surface area (Å²) in [6.07, 6.45) is 1.73. The number of hydrogen-bond donors (Lipinski definition) is 1. The van der Waals surface area contributed by atoms with Gasteiger partial charge in [-0.05, 0) is 74.7 Å². The van der Waals surface area contributed by atoms with Gasteiger partial charge in [-0.15, -0.1) is 0 Å². The van der Waals surface area contributed by atoms with Crippen LogP contribution in [-0.2, 0) is 10.0 Å². The smallest absolute Gasteiger partial charge is 0.241 e. The van der Waals surface area contributed by atoms with Gasteiger partial charge in [0.15, 0.2) is 0 Å². The summed E-state index contributed by atoms with van der Waals surface area (Å²) >= 11 is 0. The number of aromatic nitrogens is 1. The van der Waals surface area contributed by atoms with Crippen molar-refractivity contribution >= 4 is 20.9 Å². The molecule has 154 valence electrons. The van der Waals surface area contributed by atoms with Gasteiger partial charge in [0.2, 0.25) is 10.0 Å². The van der Waals surface area contributed by atoms with Crippen LogP contribution in [0.5, 0.6) is 11.5 Å². The molecule has 29 heavy (non-hydrogen) atoms. The number of aryl methyl sites for hydroxylation is 1.